The Morgan fingerprint density at radius 2 is 1.91 bits per heavy atom. The first-order chi connectivity index (χ1) is 17.1. The van der Waals surface area contributed by atoms with E-state index in [1.807, 2.05) is 6.20 Å². The van der Waals surface area contributed by atoms with Crippen LogP contribution < -0.4 is 4.74 Å². The first kappa shape index (κ1) is 25.5. The van der Waals surface area contributed by atoms with Gasteiger partial charge in [0.15, 0.2) is 5.60 Å². The van der Waals surface area contributed by atoms with Gasteiger partial charge in [-0.25, -0.2) is 4.98 Å². The third kappa shape index (κ3) is 5.97. The predicted molar refractivity (Wildman–Crippen MR) is 128 cm³/mol. The van der Waals surface area contributed by atoms with Gasteiger partial charge in [0.25, 0.3) is 5.91 Å². The number of methoxy groups -OCH3 is 2. The van der Waals surface area contributed by atoms with Crippen molar-refractivity contribution >= 4 is 5.91 Å². The zero-order chi connectivity index (χ0) is 24.7. The highest BCUT2D eigenvalue weighted by Crippen LogP contribution is 2.38. The lowest BCUT2D eigenvalue weighted by molar-refractivity contribution is -0.236. The highest BCUT2D eigenvalue weighted by atomic mass is 16.7. The van der Waals surface area contributed by atoms with Crippen molar-refractivity contribution in [2.45, 2.75) is 57.1 Å². The molecule has 190 valence electrons. The number of hydrogen-bond acceptors (Lipinski definition) is 8. The van der Waals surface area contributed by atoms with Crippen LogP contribution in [0, 0.1) is 11.8 Å². The van der Waals surface area contributed by atoms with Gasteiger partial charge in [0.1, 0.15) is 26.2 Å². The molecule has 0 N–H and O–H groups in total. The number of rotatable bonds is 12. The van der Waals surface area contributed by atoms with Gasteiger partial charge in [-0.2, -0.15) is 0 Å². The molecule has 1 saturated carbocycles. The third-order valence-corrected chi connectivity index (χ3v) is 7.15. The Balaban J connectivity index is 1.52. The molecule has 2 aliphatic rings. The molecule has 9 heteroatoms. The van der Waals surface area contributed by atoms with Crippen molar-refractivity contribution in [3.63, 3.8) is 0 Å². The summed E-state index contributed by atoms with van der Waals surface area (Å²) in [5.74, 6) is 1.75. The molecule has 1 aliphatic carbocycles. The average molecular weight is 485 g/mol. The number of amides is 1. The number of β-lactam (4-membered cyclic amide) rings is 1. The smallest absolute Gasteiger partial charge is 0.259 e. The lowest BCUT2D eigenvalue weighted by Crippen LogP contribution is -2.77. The molecule has 2 aromatic heterocycles. The summed E-state index contributed by atoms with van der Waals surface area (Å²) in [5.41, 5.74) is 0.907. The summed E-state index contributed by atoms with van der Waals surface area (Å²) in [6, 6.07) is 3.79. The molecule has 35 heavy (non-hydrogen) atoms. The zero-order valence-corrected chi connectivity index (χ0v) is 20.9. The van der Waals surface area contributed by atoms with E-state index in [-0.39, 0.29) is 26.0 Å². The van der Waals surface area contributed by atoms with E-state index in [9.17, 15) is 4.79 Å². The summed E-state index contributed by atoms with van der Waals surface area (Å²) in [6.45, 7) is 2.64. The monoisotopic (exact) mass is 484 g/mol. The van der Waals surface area contributed by atoms with E-state index in [1.165, 1.54) is 37.4 Å². The number of hydrogen-bond donors (Lipinski definition) is 0. The van der Waals surface area contributed by atoms with E-state index in [0.29, 0.717) is 18.2 Å². The van der Waals surface area contributed by atoms with Crippen molar-refractivity contribution < 1.29 is 23.7 Å². The number of aromatic nitrogens is 3. The van der Waals surface area contributed by atoms with Crippen LogP contribution in [0.2, 0.25) is 0 Å². The quantitative estimate of drug-likeness (QED) is 0.335. The molecule has 3 heterocycles. The van der Waals surface area contributed by atoms with Gasteiger partial charge < -0.3 is 23.8 Å². The van der Waals surface area contributed by atoms with Gasteiger partial charge in [0.05, 0.1) is 6.20 Å². The molecule has 4 rings (SSSR count). The van der Waals surface area contributed by atoms with Crippen LogP contribution in [-0.4, -0.2) is 71.8 Å². The van der Waals surface area contributed by atoms with Gasteiger partial charge in [-0.05, 0) is 48.8 Å². The van der Waals surface area contributed by atoms with Crippen LogP contribution in [0.4, 0.5) is 0 Å². The number of carbonyl (C=O) groups is 1. The average Bonchev–Trinajstić information content (AvgIpc) is 2.88. The highest BCUT2D eigenvalue weighted by Gasteiger charge is 2.62. The first-order valence-electron chi connectivity index (χ1n) is 12.3. The molecule has 2 fully saturated rings. The van der Waals surface area contributed by atoms with Gasteiger partial charge in [-0.15, -0.1) is 0 Å². The maximum Gasteiger partial charge on any atom is 0.259 e. The molecule has 0 unspecified atom stereocenters. The van der Waals surface area contributed by atoms with Crippen molar-refractivity contribution in [3.05, 3.63) is 48.2 Å². The van der Waals surface area contributed by atoms with Crippen molar-refractivity contribution in [2.75, 3.05) is 34.4 Å². The normalized spacial score (nSPS) is 26.4. The predicted octanol–water partition coefficient (Wildman–Crippen LogP) is 3.04. The van der Waals surface area contributed by atoms with Crippen LogP contribution in [-0.2, 0) is 31.8 Å². The molecule has 1 amide bonds. The Kier molecular flexibility index (Phi) is 8.64. The van der Waals surface area contributed by atoms with Gasteiger partial charge >= 0.3 is 0 Å². The molecule has 0 bridgehead atoms. The Labute approximate surface area is 207 Å². The zero-order valence-electron chi connectivity index (χ0n) is 20.9. The molecule has 2 aromatic rings. The summed E-state index contributed by atoms with van der Waals surface area (Å²) >= 11 is 0. The SMILES string of the molecule is COCO[C@@]1(Cc2cc(C[C@H]3CC[C@H](C)CC3)ccn2)C(=O)N(COC)[C@H]1COc1cnccn1. The topological polar surface area (TPSA) is 95.9 Å². The van der Waals surface area contributed by atoms with Gasteiger partial charge in [0.2, 0.25) is 5.88 Å². The van der Waals surface area contributed by atoms with Crippen molar-refractivity contribution in [2.24, 2.45) is 11.8 Å². The van der Waals surface area contributed by atoms with E-state index < -0.39 is 11.6 Å². The van der Waals surface area contributed by atoms with Gasteiger partial charge in [-0.1, -0.05) is 19.8 Å². The summed E-state index contributed by atoms with van der Waals surface area (Å²) < 4.78 is 22.4. The lowest BCUT2D eigenvalue weighted by Gasteiger charge is -2.54. The van der Waals surface area contributed by atoms with Gasteiger partial charge in [0, 0.05) is 44.9 Å². The second kappa shape index (κ2) is 11.9. The van der Waals surface area contributed by atoms with Crippen LogP contribution in [0.3, 0.4) is 0 Å². The minimum absolute atomic E-state index is 0.0197. The van der Waals surface area contributed by atoms with Crippen LogP contribution in [0.1, 0.15) is 43.9 Å². The second-order valence-electron chi connectivity index (χ2n) is 9.67. The van der Waals surface area contributed by atoms with E-state index >= 15 is 0 Å². The fourth-order valence-electron chi connectivity index (χ4n) is 5.20. The second-order valence-corrected chi connectivity index (χ2v) is 9.67. The first-order valence-corrected chi connectivity index (χ1v) is 12.3. The number of pyridine rings is 1. The summed E-state index contributed by atoms with van der Waals surface area (Å²) in [4.78, 5) is 27.8. The van der Waals surface area contributed by atoms with Crippen LogP contribution in [0.15, 0.2) is 36.9 Å². The molecule has 0 spiro atoms. The highest BCUT2D eigenvalue weighted by molar-refractivity contribution is 5.93. The lowest BCUT2D eigenvalue weighted by atomic mass is 9.78. The summed E-state index contributed by atoms with van der Waals surface area (Å²) in [7, 11) is 3.10. The molecular weight excluding hydrogens is 448 g/mol. The number of nitrogens with zero attached hydrogens (tertiary/aromatic N) is 4. The maximum atomic E-state index is 13.4. The Morgan fingerprint density at radius 1 is 1.09 bits per heavy atom. The molecule has 9 nitrogen and oxygen atoms in total. The van der Waals surface area contributed by atoms with Crippen LogP contribution in [0.5, 0.6) is 5.88 Å². The summed E-state index contributed by atoms with van der Waals surface area (Å²) in [5, 5.41) is 0. The molecule has 1 saturated heterocycles. The fraction of sp³-hybridized carbons (Fsp3) is 0.615. The molecular formula is C26H36N4O5. The van der Waals surface area contributed by atoms with Crippen LogP contribution >= 0.6 is 0 Å². The Hall–Kier alpha value is -2.62. The van der Waals surface area contributed by atoms with E-state index in [2.05, 4.69) is 34.0 Å². The van der Waals surface area contributed by atoms with Gasteiger partial charge in [-0.3, -0.25) is 14.8 Å². The standard InChI is InChI=1S/C26H36N4O5/c1-19-4-6-20(7-5-19)12-21-8-9-28-22(13-21)14-26(35-18-33-3)23(30(17-32-2)25(26)31)16-34-24-15-27-10-11-29-24/h8-11,13,15,19-20,23H,4-7,12,14,16-18H2,1-3H3/t19-,20-,23-,26+/m0/s1. The van der Waals surface area contributed by atoms with Crippen LogP contribution in [0.25, 0.3) is 0 Å². The fourth-order valence-corrected chi connectivity index (χ4v) is 5.20. The minimum atomic E-state index is -1.16. The number of carbonyl (C=O) groups excluding carboxylic acids is 1. The maximum absolute atomic E-state index is 13.4. The number of likely N-dealkylation sites (tertiary alicyclic amines) is 1. The van der Waals surface area contributed by atoms with E-state index in [4.69, 9.17) is 18.9 Å². The Morgan fingerprint density at radius 3 is 2.63 bits per heavy atom. The Bertz CT molecular complexity index is 954. The number of ether oxygens (including phenoxy) is 4. The molecule has 2 atom stereocenters. The van der Waals surface area contributed by atoms with Crippen molar-refractivity contribution in [1.29, 1.82) is 0 Å². The summed E-state index contributed by atoms with van der Waals surface area (Å²) in [6.07, 6.45) is 13.0. The molecule has 1 aliphatic heterocycles. The van der Waals surface area contributed by atoms with E-state index in [1.54, 1.807) is 31.5 Å². The van der Waals surface area contributed by atoms with E-state index in [0.717, 1.165) is 18.0 Å². The van der Waals surface area contributed by atoms with Crippen molar-refractivity contribution in [1.82, 2.24) is 19.9 Å². The van der Waals surface area contributed by atoms with Crippen molar-refractivity contribution in [3.8, 4) is 5.88 Å². The largest absolute Gasteiger partial charge is 0.474 e. The third-order valence-electron chi connectivity index (χ3n) is 7.15. The molecule has 0 radical (unpaired) electrons. The molecule has 0 aromatic carbocycles. The minimum Gasteiger partial charge on any atom is -0.474 e.